The fraction of sp³-hybridized carbons (Fsp3) is 0.357. The van der Waals surface area contributed by atoms with Crippen molar-refractivity contribution in [1.82, 2.24) is 4.98 Å². The molecule has 0 fully saturated rings. The lowest BCUT2D eigenvalue weighted by atomic mass is 10.0. The molecule has 0 aliphatic carbocycles. The minimum absolute atomic E-state index is 0.258. The molecule has 1 atom stereocenters. The zero-order valence-electron chi connectivity index (χ0n) is 9.56. The normalized spacial score (nSPS) is 12.9. The van der Waals surface area contributed by atoms with Gasteiger partial charge in [-0.1, -0.05) is 31.2 Å². The van der Waals surface area contributed by atoms with Crippen LogP contribution in [0.25, 0.3) is 10.8 Å². The van der Waals surface area contributed by atoms with Crippen LogP contribution in [0.5, 0.6) is 0 Å². The van der Waals surface area contributed by atoms with Crippen molar-refractivity contribution in [2.24, 2.45) is 5.92 Å². The van der Waals surface area contributed by atoms with Crippen LogP contribution in [-0.4, -0.2) is 16.7 Å². The summed E-state index contributed by atoms with van der Waals surface area (Å²) in [5, 5.41) is 11.4. The van der Waals surface area contributed by atoms with Crippen LogP contribution in [0.2, 0.25) is 0 Å². The molecule has 1 heterocycles. The number of hydrogen-bond acceptors (Lipinski definition) is 2. The summed E-state index contributed by atoms with van der Waals surface area (Å²) in [5.74, 6) is 0.355. The minimum Gasteiger partial charge on any atom is -0.396 e. The highest BCUT2D eigenvalue weighted by Crippen LogP contribution is 2.15. The van der Waals surface area contributed by atoms with E-state index in [4.69, 9.17) is 5.11 Å². The van der Waals surface area contributed by atoms with E-state index >= 15 is 0 Å². The number of pyridine rings is 1. The Morgan fingerprint density at radius 1 is 1.25 bits per heavy atom. The van der Waals surface area contributed by atoms with E-state index in [0.717, 1.165) is 18.5 Å². The topological polar surface area (TPSA) is 33.1 Å². The van der Waals surface area contributed by atoms with Gasteiger partial charge in [0.25, 0.3) is 0 Å². The summed E-state index contributed by atoms with van der Waals surface area (Å²) >= 11 is 0. The number of hydrogen-bond donors (Lipinski definition) is 1. The van der Waals surface area contributed by atoms with E-state index in [1.54, 1.807) is 0 Å². The quantitative estimate of drug-likeness (QED) is 0.850. The average Bonchev–Trinajstić information content (AvgIpc) is 2.35. The van der Waals surface area contributed by atoms with E-state index in [2.05, 4.69) is 30.1 Å². The van der Waals surface area contributed by atoms with Crippen LogP contribution in [0.4, 0.5) is 0 Å². The predicted molar refractivity (Wildman–Crippen MR) is 66.3 cm³/mol. The van der Waals surface area contributed by atoms with Gasteiger partial charge in [-0.15, -0.1) is 0 Å². The molecule has 2 rings (SSSR count). The van der Waals surface area contributed by atoms with Crippen molar-refractivity contribution in [2.45, 2.75) is 19.8 Å². The molecule has 2 heteroatoms. The first-order valence-electron chi connectivity index (χ1n) is 5.74. The van der Waals surface area contributed by atoms with Crippen LogP contribution in [0.1, 0.15) is 19.0 Å². The minimum atomic E-state index is 0.258. The van der Waals surface area contributed by atoms with Gasteiger partial charge in [-0.05, 0) is 30.2 Å². The van der Waals surface area contributed by atoms with E-state index in [-0.39, 0.29) is 6.61 Å². The summed E-state index contributed by atoms with van der Waals surface area (Å²) in [4.78, 5) is 4.43. The van der Waals surface area contributed by atoms with Crippen LogP contribution >= 0.6 is 0 Å². The van der Waals surface area contributed by atoms with E-state index in [1.165, 1.54) is 10.8 Å². The first-order valence-corrected chi connectivity index (χ1v) is 5.74. The first-order chi connectivity index (χ1) is 7.79. The molecular formula is C14H17NO. The fourth-order valence-corrected chi connectivity index (χ4v) is 1.75. The first kappa shape index (κ1) is 11.1. The summed E-state index contributed by atoms with van der Waals surface area (Å²) in [6.45, 7) is 2.31. The largest absolute Gasteiger partial charge is 0.396 e. The Kier molecular flexibility index (Phi) is 3.52. The van der Waals surface area contributed by atoms with E-state index in [0.29, 0.717) is 5.92 Å². The molecule has 16 heavy (non-hydrogen) atoms. The molecule has 2 nitrogen and oxygen atoms in total. The maximum absolute atomic E-state index is 8.96. The Balaban J connectivity index is 2.13. The molecule has 1 aromatic carbocycles. The van der Waals surface area contributed by atoms with Crippen molar-refractivity contribution < 1.29 is 5.11 Å². The third-order valence-corrected chi connectivity index (χ3v) is 2.89. The third-order valence-electron chi connectivity index (χ3n) is 2.89. The Morgan fingerprint density at radius 3 is 2.75 bits per heavy atom. The van der Waals surface area contributed by atoms with Crippen molar-refractivity contribution in [1.29, 1.82) is 0 Å². The molecule has 0 aliphatic heterocycles. The third kappa shape index (κ3) is 2.58. The number of aromatic nitrogens is 1. The molecule has 84 valence electrons. The van der Waals surface area contributed by atoms with Crippen molar-refractivity contribution >= 4 is 10.8 Å². The lowest BCUT2D eigenvalue weighted by Crippen LogP contribution is -2.03. The van der Waals surface area contributed by atoms with Gasteiger partial charge in [-0.3, -0.25) is 4.98 Å². The van der Waals surface area contributed by atoms with Gasteiger partial charge in [-0.2, -0.15) is 0 Å². The molecule has 0 bridgehead atoms. The van der Waals surface area contributed by atoms with E-state index in [1.807, 2.05) is 18.3 Å². The lowest BCUT2D eigenvalue weighted by molar-refractivity contribution is 0.230. The molecule has 1 unspecified atom stereocenters. The molecule has 1 aromatic heterocycles. The molecule has 0 saturated heterocycles. The summed E-state index contributed by atoms with van der Waals surface area (Å²) in [6, 6.07) is 10.4. The van der Waals surface area contributed by atoms with Crippen molar-refractivity contribution in [3.63, 3.8) is 0 Å². The van der Waals surface area contributed by atoms with Crippen LogP contribution in [-0.2, 0) is 6.42 Å². The van der Waals surface area contributed by atoms with Gasteiger partial charge in [0.15, 0.2) is 0 Å². The van der Waals surface area contributed by atoms with Crippen molar-refractivity contribution in [3.05, 3.63) is 42.2 Å². The van der Waals surface area contributed by atoms with Crippen molar-refractivity contribution in [2.75, 3.05) is 6.61 Å². The number of fused-ring (bicyclic) bond motifs is 1. The SMILES string of the molecule is CC(CO)CCc1cc2ccccc2cn1. The fourth-order valence-electron chi connectivity index (χ4n) is 1.75. The van der Waals surface area contributed by atoms with Gasteiger partial charge in [0, 0.05) is 23.9 Å². The smallest absolute Gasteiger partial charge is 0.0456 e. The molecule has 2 aromatic rings. The van der Waals surface area contributed by atoms with E-state index in [9.17, 15) is 0 Å². The van der Waals surface area contributed by atoms with Gasteiger partial charge < -0.3 is 5.11 Å². The number of nitrogens with zero attached hydrogens (tertiary/aromatic N) is 1. The van der Waals surface area contributed by atoms with Crippen LogP contribution in [0.3, 0.4) is 0 Å². The number of aliphatic hydroxyl groups is 1. The molecule has 0 amide bonds. The zero-order valence-corrected chi connectivity index (χ0v) is 9.56. The molecule has 0 radical (unpaired) electrons. The van der Waals surface area contributed by atoms with E-state index < -0.39 is 0 Å². The lowest BCUT2D eigenvalue weighted by Gasteiger charge is -2.07. The van der Waals surface area contributed by atoms with Gasteiger partial charge in [-0.25, -0.2) is 0 Å². The van der Waals surface area contributed by atoms with Crippen LogP contribution < -0.4 is 0 Å². The summed E-state index contributed by atoms with van der Waals surface area (Å²) in [5.41, 5.74) is 1.11. The predicted octanol–water partition coefficient (Wildman–Crippen LogP) is 2.80. The second-order valence-electron chi connectivity index (χ2n) is 4.35. The number of aryl methyl sites for hydroxylation is 1. The highest BCUT2D eigenvalue weighted by Gasteiger charge is 2.02. The summed E-state index contributed by atoms with van der Waals surface area (Å²) < 4.78 is 0. The number of rotatable bonds is 4. The Labute approximate surface area is 96.0 Å². The Hall–Kier alpha value is -1.41. The molecule has 1 N–H and O–H groups in total. The zero-order chi connectivity index (χ0) is 11.4. The molecule has 0 spiro atoms. The monoisotopic (exact) mass is 215 g/mol. The summed E-state index contributed by atoms with van der Waals surface area (Å²) in [7, 11) is 0. The van der Waals surface area contributed by atoms with Crippen LogP contribution in [0.15, 0.2) is 36.5 Å². The molecule has 0 saturated carbocycles. The molecular weight excluding hydrogens is 198 g/mol. The highest BCUT2D eigenvalue weighted by atomic mass is 16.3. The second kappa shape index (κ2) is 5.08. The van der Waals surface area contributed by atoms with Gasteiger partial charge >= 0.3 is 0 Å². The number of benzene rings is 1. The maximum atomic E-state index is 8.96. The van der Waals surface area contributed by atoms with Gasteiger partial charge in [0.2, 0.25) is 0 Å². The van der Waals surface area contributed by atoms with Gasteiger partial charge in [0.1, 0.15) is 0 Å². The maximum Gasteiger partial charge on any atom is 0.0456 e. The highest BCUT2D eigenvalue weighted by molar-refractivity contribution is 5.81. The second-order valence-corrected chi connectivity index (χ2v) is 4.35. The number of aliphatic hydroxyl groups excluding tert-OH is 1. The van der Waals surface area contributed by atoms with Crippen LogP contribution in [0, 0.1) is 5.92 Å². The average molecular weight is 215 g/mol. The molecule has 0 aliphatic rings. The summed E-state index contributed by atoms with van der Waals surface area (Å²) in [6.07, 6.45) is 3.85. The Bertz CT molecular complexity index is 467. The van der Waals surface area contributed by atoms with Gasteiger partial charge in [0.05, 0.1) is 0 Å². The van der Waals surface area contributed by atoms with Crippen molar-refractivity contribution in [3.8, 4) is 0 Å². The Morgan fingerprint density at radius 2 is 2.00 bits per heavy atom. The standard InChI is InChI=1S/C14H17NO/c1-11(10-16)6-7-14-8-12-4-2-3-5-13(12)9-15-14/h2-5,8-9,11,16H,6-7,10H2,1H3.